The van der Waals surface area contributed by atoms with Crippen LogP contribution in [0.3, 0.4) is 0 Å². The predicted molar refractivity (Wildman–Crippen MR) is 42.9 cm³/mol. The lowest BCUT2D eigenvalue weighted by Crippen LogP contribution is -1.84. The van der Waals surface area contributed by atoms with Crippen molar-refractivity contribution in [1.29, 1.82) is 0 Å². The molecule has 6 heteroatoms. The summed E-state index contributed by atoms with van der Waals surface area (Å²) in [6.07, 6.45) is 2.18. The fourth-order valence-electron chi connectivity index (χ4n) is 1.15. The van der Waals surface area contributed by atoms with Crippen LogP contribution in [0.4, 0.5) is 10.2 Å². The topological polar surface area (TPSA) is 61.0 Å². The van der Waals surface area contributed by atoms with Crippen LogP contribution in [0.25, 0.3) is 11.0 Å². The summed E-state index contributed by atoms with van der Waals surface area (Å²) < 4.78 is 12.9. The Bertz CT molecular complexity index is 480. The molecule has 5 nitrogen and oxygen atoms in total. The van der Waals surface area contributed by atoms with Gasteiger partial charge >= 0.3 is 0 Å². The molecule has 2 aromatic heterocycles. The van der Waals surface area contributed by atoms with Crippen LogP contribution in [0.15, 0.2) is 24.5 Å². The van der Waals surface area contributed by atoms with Crippen molar-refractivity contribution < 1.29 is 9.40 Å². The standard InChI is InChI=1S/C7H4FN3O2/c8-10-4-6(11(12)13)5-2-1-3-9-7(5)10/h1-4H. The third-order valence-corrected chi connectivity index (χ3v) is 1.70. The summed E-state index contributed by atoms with van der Waals surface area (Å²) in [5.41, 5.74) is -0.306. The van der Waals surface area contributed by atoms with E-state index in [2.05, 4.69) is 4.98 Å². The van der Waals surface area contributed by atoms with Gasteiger partial charge < -0.3 is 0 Å². The molecule has 0 fully saturated rings. The normalized spacial score (nSPS) is 10.5. The number of hydrogen-bond donors (Lipinski definition) is 0. The third-order valence-electron chi connectivity index (χ3n) is 1.70. The van der Waals surface area contributed by atoms with E-state index in [1.165, 1.54) is 18.3 Å². The SMILES string of the molecule is O=[N+]([O-])c1cn(F)c2ncccc12. The van der Waals surface area contributed by atoms with Crippen molar-refractivity contribution in [2.45, 2.75) is 0 Å². The maximum Gasteiger partial charge on any atom is 0.299 e. The summed E-state index contributed by atoms with van der Waals surface area (Å²) in [5.74, 6) is 0. The lowest BCUT2D eigenvalue weighted by atomic mass is 10.3. The Morgan fingerprint density at radius 1 is 1.62 bits per heavy atom. The molecule has 0 aromatic carbocycles. The Morgan fingerprint density at radius 3 is 3.08 bits per heavy atom. The molecule has 0 aliphatic heterocycles. The molecule has 0 radical (unpaired) electrons. The fraction of sp³-hybridized carbons (Fsp3) is 0. The first kappa shape index (κ1) is 7.66. The fourth-order valence-corrected chi connectivity index (χ4v) is 1.15. The van der Waals surface area contributed by atoms with Gasteiger partial charge in [-0.25, -0.2) is 4.98 Å². The lowest BCUT2D eigenvalue weighted by Gasteiger charge is -1.87. The maximum absolute atomic E-state index is 12.9. The van der Waals surface area contributed by atoms with Gasteiger partial charge in [0.25, 0.3) is 5.69 Å². The number of nitro groups is 1. The van der Waals surface area contributed by atoms with E-state index in [1.807, 2.05) is 0 Å². The van der Waals surface area contributed by atoms with E-state index in [-0.39, 0.29) is 21.5 Å². The zero-order chi connectivity index (χ0) is 9.42. The summed E-state index contributed by atoms with van der Waals surface area (Å²) in [7, 11) is 0. The summed E-state index contributed by atoms with van der Waals surface area (Å²) in [5, 5.41) is 10.6. The maximum atomic E-state index is 12.9. The summed E-state index contributed by atoms with van der Waals surface area (Å²) in [4.78, 5) is 13.6. The quantitative estimate of drug-likeness (QED) is 0.496. The number of fused-ring (bicyclic) bond motifs is 1. The molecule has 0 spiro atoms. The van der Waals surface area contributed by atoms with Gasteiger partial charge in [-0.3, -0.25) is 10.1 Å². The monoisotopic (exact) mass is 181 g/mol. The van der Waals surface area contributed by atoms with Crippen molar-refractivity contribution in [3.8, 4) is 0 Å². The van der Waals surface area contributed by atoms with Crippen molar-refractivity contribution in [3.05, 3.63) is 34.6 Å². The highest BCUT2D eigenvalue weighted by molar-refractivity contribution is 5.86. The summed E-state index contributed by atoms with van der Waals surface area (Å²) in [6, 6.07) is 2.98. The van der Waals surface area contributed by atoms with Crippen molar-refractivity contribution >= 4 is 16.7 Å². The van der Waals surface area contributed by atoms with Gasteiger partial charge in [-0.05, 0) is 12.1 Å². The highest BCUT2D eigenvalue weighted by atomic mass is 19.2. The van der Waals surface area contributed by atoms with Crippen molar-refractivity contribution in [2.24, 2.45) is 0 Å². The van der Waals surface area contributed by atoms with E-state index in [0.717, 1.165) is 6.20 Å². The van der Waals surface area contributed by atoms with E-state index in [9.17, 15) is 14.6 Å². The molecule has 0 atom stereocenters. The Morgan fingerprint density at radius 2 is 2.38 bits per heavy atom. The molecule has 0 saturated heterocycles. The van der Waals surface area contributed by atoms with Crippen molar-refractivity contribution in [2.75, 3.05) is 0 Å². The van der Waals surface area contributed by atoms with Gasteiger partial charge in [-0.2, -0.15) is 4.79 Å². The molecule has 0 N–H and O–H groups in total. The van der Waals surface area contributed by atoms with Crippen LogP contribution in [0, 0.1) is 10.1 Å². The first-order valence-electron chi connectivity index (χ1n) is 3.47. The Kier molecular flexibility index (Phi) is 1.48. The summed E-state index contributed by atoms with van der Waals surface area (Å²) in [6.45, 7) is 0. The highest BCUT2D eigenvalue weighted by Crippen LogP contribution is 2.25. The molecule has 0 amide bonds. The van der Waals surface area contributed by atoms with Crippen LogP contribution >= 0.6 is 0 Å². The van der Waals surface area contributed by atoms with Gasteiger partial charge in [-0.15, -0.1) is 0 Å². The molecule has 0 aliphatic rings. The molecule has 2 rings (SSSR count). The van der Waals surface area contributed by atoms with Crippen molar-refractivity contribution in [3.63, 3.8) is 0 Å². The van der Waals surface area contributed by atoms with Crippen LogP contribution in [0.5, 0.6) is 0 Å². The predicted octanol–water partition coefficient (Wildman–Crippen LogP) is 1.68. The molecule has 13 heavy (non-hydrogen) atoms. The number of rotatable bonds is 1. The Balaban J connectivity index is 2.85. The van der Waals surface area contributed by atoms with E-state index >= 15 is 0 Å². The van der Waals surface area contributed by atoms with E-state index < -0.39 is 4.92 Å². The first-order chi connectivity index (χ1) is 6.20. The molecule has 0 unspecified atom stereocenters. The average Bonchev–Trinajstić information content (AvgIpc) is 2.45. The van der Waals surface area contributed by atoms with E-state index in [0.29, 0.717) is 0 Å². The number of aromatic nitrogens is 2. The molecule has 2 aromatic rings. The van der Waals surface area contributed by atoms with Gasteiger partial charge in [0.2, 0.25) is 0 Å². The zero-order valence-corrected chi connectivity index (χ0v) is 6.35. The van der Waals surface area contributed by atoms with Gasteiger partial charge in [0.15, 0.2) is 5.65 Å². The molecular weight excluding hydrogens is 177 g/mol. The van der Waals surface area contributed by atoms with E-state index in [1.54, 1.807) is 0 Å². The second kappa shape index (κ2) is 2.51. The highest BCUT2D eigenvalue weighted by Gasteiger charge is 2.17. The Labute approximate surface area is 71.5 Å². The second-order valence-electron chi connectivity index (χ2n) is 2.46. The average molecular weight is 181 g/mol. The Hall–Kier alpha value is -1.98. The number of hydrogen-bond acceptors (Lipinski definition) is 3. The molecule has 0 bridgehead atoms. The largest absolute Gasteiger partial charge is 0.299 e. The minimum Gasteiger partial charge on any atom is -0.258 e. The minimum absolute atomic E-state index is 0.0331. The molecular formula is C7H4FN3O2. The smallest absolute Gasteiger partial charge is 0.258 e. The number of halogens is 1. The van der Waals surface area contributed by atoms with E-state index in [4.69, 9.17) is 0 Å². The molecule has 0 aliphatic carbocycles. The number of pyridine rings is 1. The van der Waals surface area contributed by atoms with Crippen LogP contribution in [-0.4, -0.2) is 14.7 Å². The molecule has 0 saturated carbocycles. The van der Waals surface area contributed by atoms with Gasteiger partial charge in [-0.1, -0.05) is 4.48 Å². The third kappa shape index (κ3) is 1.03. The van der Waals surface area contributed by atoms with Gasteiger partial charge in [0.1, 0.15) is 6.20 Å². The van der Waals surface area contributed by atoms with Crippen LogP contribution in [0.2, 0.25) is 0 Å². The molecule has 66 valence electrons. The van der Waals surface area contributed by atoms with Crippen LogP contribution in [-0.2, 0) is 0 Å². The van der Waals surface area contributed by atoms with Crippen molar-refractivity contribution in [1.82, 2.24) is 9.77 Å². The molecule has 2 heterocycles. The summed E-state index contributed by atoms with van der Waals surface area (Å²) >= 11 is 0. The lowest BCUT2D eigenvalue weighted by molar-refractivity contribution is -0.383. The van der Waals surface area contributed by atoms with Crippen LogP contribution in [0.1, 0.15) is 0 Å². The van der Waals surface area contributed by atoms with Gasteiger partial charge in [0, 0.05) is 6.20 Å². The van der Waals surface area contributed by atoms with Crippen LogP contribution < -0.4 is 0 Å². The minimum atomic E-state index is -0.639. The van der Waals surface area contributed by atoms with Gasteiger partial charge in [0.05, 0.1) is 10.3 Å². The second-order valence-corrected chi connectivity index (χ2v) is 2.46. The zero-order valence-electron chi connectivity index (χ0n) is 6.35. The first-order valence-corrected chi connectivity index (χ1v) is 3.47. The number of nitrogens with zero attached hydrogens (tertiary/aromatic N) is 3.